The van der Waals surface area contributed by atoms with Gasteiger partial charge in [-0.15, -0.1) is 0 Å². The number of morpholine rings is 1. The van der Waals surface area contributed by atoms with Crippen molar-refractivity contribution in [2.24, 2.45) is 0 Å². The van der Waals surface area contributed by atoms with Gasteiger partial charge in [0.2, 0.25) is 11.8 Å². The Kier molecular flexibility index (Phi) is 12.9. The van der Waals surface area contributed by atoms with Gasteiger partial charge in [0.1, 0.15) is 12.4 Å². The second-order valence-electron chi connectivity index (χ2n) is 12.6. The molecule has 0 saturated carbocycles. The van der Waals surface area contributed by atoms with Crippen LogP contribution in [0.1, 0.15) is 27.8 Å². The third kappa shape index (κ3) is 11.0. The molecular weight excluding hydrogens is 657 g/mol. The minimum Gasteiger partial charge on any atom is -0.378 e. The minimum atomic E-state index is -4.46. The average Bonchev–Trinajstić information content (AvgIpc) is 3.15. The molecule has 1 aromatic heterocycles. The number of nitrogens with zero attached hydrogens (tertiary/aromatic N) is 6. The highest BCUT2D eigenvalue weighted by molar-refractivity contribution is 5.95. The molecule has 12 heteroatoms. The Morgan fingerprint density at radius 3 is 2.16 bits per heavy atom. The molecule has 0 N–H and O–H groups in total. The second kappa shape index (κ2) is 17.7. The second-order valence-corrected chi connectivity index (χ2v) is 12.6. The van der Waals surface area contributed by atoms with Gasteiger partial charge in [0.25, 0.3) is 0 Å². The van der Waals surface area contributed by atoms with E-state index in [0.717, 1.165) is 47.6 Å². The van der Waals surface area contributed by atoms with Crippen molar-refractivity contribution in [3.05, 3.63) is 131 Å². The fourth-order valence-corrected chi connectivity index (χ4v) is 5.87. The van der Waals surface area contributed by atoms with Crippen LogP contribution in [0, 0.1) is 0 Å². The third-order valence-corrected chi connectivity index (χ3v) is 8.80. The van der Waals surface area contributed by atoms with Gasteiger partial charge in [-0.3, -0.25) is 9.59 Å². The molecule has 1 unspecified atom stereocenters. The summed E-state index contributed by atoms with van der Waals surface area (Å²) in [6, 6.07) is 21.2. The van der Waals surface area contributed by atoms with Crippen molar-refractivity contribution >= 4 is 23.6 Å². The Bertz CT molecular complexity index is 1720. The molecule has 4 aromatic rings. The van der Waals surface area contributed by atoms with E-state index in [2.05, 4.69) is 19.8 Å². The van der Waals surface area contributed by atoms with Crippen LogP contribution in [-0.2, 0) is 40.0 Å². The molecule has 5 rings (SSSR count). The van der Waals surface area contributed by atoms with Crippen molar-refractivity contribution in [2.45, 2.75) is 31.7 Å². The van der Waals surface area contributed by atoms with E-state index in [4.69, 9.17) is 4.74 Å². The van der Waals surface area contributed by atoms with Crippen LogP contribution in [0.3, 0.4) is 0 Å². The molecule has 0 bridgehead atoms. The molecule has 2 amide bonds. The molecule has 1 fully saturated rings. The predicted octanol–water partition coefficient (Wildman–Crippen LogP) is 5.58. The van der Waals surface area contributed by atoms with E-state index in [1.807, 2.05) is 61.6 Å². The first-order valence-corrected chi connectivity index (χ1v) is 16.9. The molecule has 3 aromatic carbocycles. The van der Waals surface area contributed by atoms with Gasteiger partial charge < -0.3 is 24.3 Å². The molecule has 0 radical (unpaired) electrons. The lowest BCUT2D eigenvalue weighted by atomic mass is 10.0. The topological polar surface area (TPSA) is 82.1 Å². The van der Waals surface area contributed by atoms with Crippen molar-refractivity contribution < 1.29 is 27.5 Å². The predicted molar refractivity (Wildman–Crippen MR) is 190 cm³/mol. The lowest BCUT2D eigenvalue weighted by Gasteiger charge is -2.34. The van der Waals surface area contributed by atoms with E-state index in [-0.39, 0.29) is 18.9 Å². The molecule has 1 saturated heterocycles. The standard InChI is InChI=1S/C39H43F3N6O3/c1-45(27-33-25-43-29-44-26-33)18-19-46(2)38(50)36(24-31-6-4-3-5-7-31)48(28-32-10-15-35(16-11-32)47-20-22-51-23-21-47)37(49)17-12-30-8-13-34(14-9-30)39(40,41)42/h3-17,25-26,29,36H,18-24,27-28H2,1-2H3. The number of hydrogen-bond acceptors (Lipinski definition) is 7. The summed E-state index contributed by atoms with van der Waals surface area (Å²) in [5.41, 5.74) is 3.38. The molecule has 0 spiro atoms. The number of halogens is 3. The van der Waals surface area contributed by atoms with Crippen molar-refractivity contribution in [1.29, 1.82) is 0 Å². The fourth-order valence-electron chi connectivity index (χ4n) is 5.87. The van der Waals surface area contributed by atoms with Crippen LogP contribution in [0.4, 0.5) is 18.9 Å². The number of carbonyl (C=O) groups is 2. The Hall–Kier alpha value is -5.07. The molecule has 1 aliphatic rings. The number of aromatic nitrogens is 2. The molecule has 51 heavy (non-hydrogen) atoms. The number of anilines is 1. The van der Waals surface area contributed by atoms with Crippen LogP contribution < -0.4 is 4.90 Å². The summed E-state index contributed by atoms with van der Waals surface area (Å²) in [5, 5.41) is 0. The van der Waals surface area contributed by atoms with Crippen molar-refractivity contribution in [3.8, 4) is 0 Å². The first-order chi connectivity index (χ1) is 24.6. The number of ether oxygens (including phenoxy) is 1. The number of likely N-dealkylation sites (N-methyl/N-ethyl adjacent to an activating group) is 2. The van der Waals surface area contributed by atoms with Crippen molar-refractivity contribution in [3.63, 3.8) is 0 Å². The first kappa shape index (κ1) is 37.2. The van der Waals surface area contributed by atoms with E-state index >= 15 is 0 Å². The van der Waals surface area contributed by atoms with E-state index in [0.29, 0.717) is 38.4 Å². The highest BCUT2D eigenvalue weighted by Gasteiger charge is 2.32. The SMILES string of the molecule is CN(CCN(C)C(=O)C(Cc1ccccc1)N(Cc1ccc(N2CCOCC2)cc1)C(=O)C=Cc1ccc(C(F)(F)F)cc1)Cc1cncnc1. The Labute approximate surface area is 297 Å². The lowest BCUT2D eigenvalue weighted by molar-refractivity contribution is -0.143. The zero-order valence-corrected chi connectivity index (χ0v) is 28.9. The third-order valence-electron chi connectivity index (χ3n) is 8.80. The number of rotatable bonds is 14. The number of alkyl halides is 3. The van der Waals surface area contributed by atoms with Crippen LogP contribution in [0.25, 0.3) is 6.08 Å². The monoisotopic (exact) mass is 700 g/mol. The smallest absolute Gasteiger partial charge is 0.378 e. The average molecular weight is 701 g/mol. The molecule has 9 nitrogen and oxygen atoms in total. The van der Waals surface area contributed by atoms with Gasteiger partial charge in [-0.2, -0.15) is 13.2 Å². The summed E-state index contributed by atoms with van der Waals surface area (Å²) in [4.78, 5) is 44.2. The summed E-state index contributed by atoms with van der Waals surface area (Å²) in [5.74, 6) is -0.660. The minimum absolute atomic E-state index is 0.143. The van der Waals surface area contributed by atoms with Gasteiger partial charge in [-0.25, -0.2) is 9.97 Å². The Balaban J connectivity index is 1.41. The van der Waals surface area contributed by atoms with E-state index in [1.165, 1.54) is 30.6 Å². The molecule has 1 aliphatic heterocycles. The number of hydrogen-bond donors (Lipinski definition) is 0. The van der Waals surface area contributed by atoms with Gasteiger partial charge in [0.15, 0.2) is 0 Å². The number of carbonyl (C=O) groups excluding carboxylic acids is 2. The zero-order valence-electron chi connectivity index (χ0n) is 28.9. The van der Waals surface area contributed by atoms with Gasteiger partial charge in [-0.1, -0.05) is 54.6 Å². The highest BCUT2D eigenvalue weighted by Crippen LogP contribution is 2.29. The molecular formula is C39H43F3N6O3. The molecule has 1 atom stereocenters. The summed E-state index contributed by atoms with van der Waals surface area (Å²) < 4.78 is 44.9. The summed E-state index contributed by atoms with van der Waals surface area (Å²) in [6.45, 7) is 4.61. The van der Waals surface area contributed by atoms with E-state index in [9.17, 15) is 22.8 Å². The number of amides is 2. The largest absolute Gasteiger partial charge is 0.416 e. The Morgan fingerprint density at radius 1 is 0.843 bits per heavy atom. The fraction of sp³-hybridized carbons (Fsp3) is 0.333. The highest BCUT2D eigenvalue weighted by atomic mass is 19.4. The molecule has 0 aliphatic carbocycles. The van der Waals surface area contributed by atoms with Gasteiger partial charge >= 0.3 is 6.18 Å². The van der Waals surface area contributed by atoms with Gasteiger partial charge in [0.05, 0.1) is 18.8 Å². The van der Waals surface area contributed by atoms with Crippen LogP contribution >= 0.6 is 0 Å². The molecule has 2 heterocycles. The summed E-state index contributed by atoms with van der Waals surface area (Å²) >= 11 is 0. The van der Waals surface area contributed by atoms with E-state index in [1.54, 1.807) is 29.2 Å². The summed E-state index contributed by atoms with van der Waals surface area (Å²) in [7, 11) is 3.69. The summed E-state index contributed by atoms with van der Waals surface area (Å²) in [6.07, 6.45) is 3.60. The van der Waals surface area contributed by atoms with Gasteiger partial charge in [0, 0.05) is 82.5 Å². The zero-order chi connectivity index (χ0) is 36.2. The maximum Gasteiger partial charge on any atom is 0.416 e. The van der Waals surface area contributed by atoms with Crippen molar-refractivity contribution in [1.82, 2.24) is 24.7 Å². The number of benzene rings is 3. The normalized spacial score (nSPS) is 14.1. The quantitative estimate of drug-likeness (QED) is 0.159. The molecule has 268 valence electrons. The van der Waals surface area contributed by atoms with Crippen LogP contribution in [0.2, 0.25) is 0 Å². The van der Waals surface area contributed by atoms with Crippen LogP contribution in [0.15, 0.2) is 104 Å². The van der Waals surface area contributed by atoms with E-state index < -0.39 is 23.7 Å². The van der Waals surface area contributed by atoms with Crippen LogP contribution in [0.5, 0.6) is 0 Å². The van der Waals surface area contributed by atoms with Crippen molar-refractivity contribution in [2.75, 3.05) is 58.4 Å². The maximum absolute atomic E-state index is 14.4. The van der Waals surface area contributed by atoms with Crippen LogP contribution in [-0.4, -0.2) is 96.0 Å². The maximum atomic E-state index is 14.4. The lowest BCUT2D eigenvalue weighted by Crippen LogP contribution is -2.51. The Morgan fingerprint density at radius 2 is 1.51 bits per heavy atom. The first-order valence-electron chi connectivity index (χ1n) is 16.9. The van der Waals surface area contributed by atoms with Gasteiger partial charge in [-0.05, 0) is 54.1 Å².